The van der Waals surface area contributed by atoms with E-state index in [1.165, 1.54) is 18.4 Å². The molecule has 1 aromatic rings. The first-order chi connectivity index (χ1) is 8.53. The fraction of sp³-hybridized carbons (Fsp3) is 0.625. The molecule has 1 saturated carbocycles. The van der Waals surface area contributed by atoms with E-state index in [1.54, 1.807) is 0 Å². The lowest BCUT2D eigenvalue weighted by Crippen LogP contribution is -2.31. The second-order valence-electron chi connectivity index (χ2n) is 6.25. The van der Waals surface area contributed by atoms with E-state index in [1.807, 2.05) is 12.1 Å². The minimum atomic E-state index is 0.393. The summed E-state index contributed by atoms with van der Waals surface area (Å²) in [7, 11) is 0. The van der Waals surface area contributed by atoms with Gasteiger partial charge in [0.15, 0.2) is 0 Å². The largest absolute Gasteiger partial charge is 0.399 e. The van der Waals surface area contributed by atoms with E-state index in [4.69, 9.17) is 5.73 Å². The van der Waals surface area contributed by atoms with Crippen LogP contribution in [0.15, 0.2) is 24.3 Å². The summed E-state index contributed by atoms with van der Waals surface area (Å²) in [5, 5.41) is 3.65. The smallest absolute Gasteiger partial charge is 0.0314 e. The number of hydrogen-bond acceptors (Lipinski definition) is 2. The van der Waals surface area contributed by atoms with Crippen LogP contribution in [-0.4, -0.2) is 13.1 Å². The van der Waals surface area contributed by atoms with Gasteiger partial charge < -0.3 is 11.1 Å². The Labute approximate surface area is 111 Å². The van der Waals surface area contributed by atoms with Crippen LogP contribution in [0.5, 0.6) is 0 Å². The number of benzene rings is 1. The highest BCUT2D eigenvalue weighted by Crippen LogP contribution is 2.47. The van der Waals surface area contributed by atoms with Gasteiger partial charge in [0, 0.05) is 17.6 Å². The van der Waals surface area contributed by atoms with Crippen molar-refractivity contribution in [1.82, 2.24) is 5.32 Å². The van der Waals surface area contributed by atoms with Gasteiger partial charge in [-0.1, -0.05) is 32.9 Å². The van der Waals surface area contributed by atoms with Gasteiger partial charge in [-0.3, -0.25) is 0 Å². The zero-order valence-corrected chi connectivity index (χ0v) is 11.9. The SMILES string of the molecule is CC(C)C(C)CNCC1(c2ccc(N)cc2)CC1. The Morgan fingerprint density at radius 1 is 1.17 bits per heavy atom. The van der Waals surface area contributed by atoms with Gasteiger partial charge in [-0.25, -0.2) is 0 Å². The van der Waals surface area contributed by atoms with Crippen LogP contribution in [0, 0.1) is 11.8 Å². The Balaban J connectivity index is 1.87. The van der Waals surface area contributed by atoms with Gasteiger partial charge in [-0.15, -0.1) is 0 Å². The fourth-order valence-corrected chi connectivity index (χ4v) is 2.33. The molecular weight excluding hydrogens is 220 g/mol. The van der Waals surface area contributed by atoms with Crippen LogP contribution in [0.1, 0.15) is 39.2 Å². The zero-order chi connectivity index (χ0) is 13.2. The molecule has 1 aliphatic rings. The molecule has 1 unspecified atom stereocenters. The lowest BCUT2D eigenvalue weighted by molar-refractivity contribution is 0.385. The summed E-state index contributed by atoms with van der Waals surface area (Å²) in [6.45, 7) is 9.13. The summed E-state index contributed by atoms with van der Waals surface area (Å²) in [6, 6.07) is 8.42. The van der Waals surface area contributed by atoms with E-state index >= 15 is 0 Å². The Morgan fingerprint density at radius 3 is 2.28 bits per heavy atom. The maximum absolute atomic E-state index is 5.75. The molecule has 2 heteroatoms. The number of anilines is 1. The lowest BCUT2D eigenvalue weighted by atomic mass is 9.94. The molecule has 0 heterocycles. The van der Waals surface area contributed by atoms with Gasteiger partial charge in [-0.2, -0.15) is 0 Å². The predicted octanol–water partition coefficient (Wildman–Crippen LogP) is 3.18. The van der Waals surface area contributed by atoms with Crippen molar-refractivity contribution in [2.24, 2.45) is 11.8 Å². The molecule has 1 aromatic carbocycles. The normalized spacial score (nSPS) is 18.9. The molecule has 0 aromatic heterocycles. The summed E-state index contributed by atoms with van der Waals surface area (Å²) in [6.07, 6.45) is 2.61. The van der Waals surface area contributed by atoms with Gasteiger partial charge in [0.1, 0.15) is 0 Å². The van der Waals surface area contributed by atoms with Crippen LogP contribution >= 0.6 is 0 Å². The van der Waals surface area contributed by atoms with Crippen molar-refractivity contribution in [2.75, 3.05) is 18.8 Å². The molecule has 100 valence electrons. The van der Waals surface area contributed by atoms with Crippen molar-refractivity contribution in [3.63, 3.8) is 0 Å². The Hall–Kier alpha value is -1.02. The van der Waals surface area contributed by atoms with E-state index in [2.05, 4.69) is 38.2 Å². The molecule has 2 rings (SSSR count). The molecule has 18 heavy (non-hydrogen) atoms. The molecule has 0 radical (unpaired) electrons. The Bertz CT molecular complexity index is 377. The topological polar surface area (TPSA) is 38.0 Å². The molecule has 2 nitrogen and oxygen atoms in total. The van der Waals surface area contributed by atoms with E-state index < -0.39 is 0 Å². The Kier molecular flexibility index (Phi) is 3.96. The first-order valence-corrected chi connectivity index (χ1v) is 7.10. The molecule has 0 aliphatic heterocycles. The fourth-order valence-electron chi connectivity index (χ4n) is 2.33. The average Bonchev–Trinajstić information content (AvgIpc) is 3.10. The summed E-state index contributed by atoms with van der Waals surface area (Å²) in [5.41, 5.74) is 8.44. The molecule has 1 fully saturated rings. The second kappa shape index (κ2) is 5.31. The minimum absolute atomic E-state index is 0.393. The van der Waals surface area contributed by atoms with Crippen LogP contribution in [0.4, 0.5) is 5.69 Å². The van der Waals surface area contributed by atoms with E-state index in [9.17, 15) is 0 Å². The van der Waals surface area contributed by atoms with Gasteiger partial charge in [0.25, 0.3) is 0 Å². The third kappa shape index (κ3) is 3.05. The van der Waals surface area contributed by atoms with Crippen LogP contribution in [0.2, 0.25) is 0 Å². The van der Waals surface area contributed by atoms with Gasteiger partial charge in [0.2, 0.25) is 0 Å². The van der Waals surface area contributed by atoms with Crippen molar-refractivity contribution in [1.29, 1.82) is 0 Å². The predicted molar refractivity (Wildman–Crippen MR) is 78.6 cm³/mol. The van der Waals surface area contributed by atoms with E-state index in [-0.39, 0.29) is 0 Å². The van der Waals surface area contributed by atoms with Crippen molar-refractivity contribution >= 4 is 5.69 Å². The number of nitrogens with two attached hydrogens (primary N) is 1. The van der Waals surface area contributed by atoms with Crippen LogP contribution in [0.3, 0.4) is 0 Å². The summed E-state index contributed by atoms with van der Waals surface area (Å²) in [4.78, 5) is 0. The van der Waals surface area contributed by atoms with Gasteiger partial charge in [0.05, 0.1) is 0 Å². The second-order valence-corrected chi connectivity index (χ2v) is 6.25. The highest BCUT2D eigenvalue weighted by Gasteiger charge is 2.43. The first-order valence-electron chi connectivity index (χ1n) is 7.10. The molecule has 3 N–H and O–H groups in total. The molecule has 0 saturated heterocycles. The molecule has 1 atom stereocenters. The number of nitrogen functional groups attached to an aromatic ring is 1. The summed E-state index contributed by atoms with van der Waals surface area (Å²) < 4.78 is 0. The monoisotopic (exact) mass is 246 g/mol. The Morgan fingerprint density at radius 2 is 1.78 bits per heavy atom. The van der Waals surface area contributed by atoms with Crippen LogP contribution in [-0.2, 0) is 5.41 Å². The molecular formula is C16H26N2. The summed E-state index contributed by atoms with van der Waals surface area (Å²) >= 11 is 0. The van der Waals surface area contributed by atoms with Crippen LogP contribution in [0.25, 0.3) is 0 Å². The number of nitrogens with one attached hydrogen (secondary N) is 1. The van der Waals surface area contributed by atoms with Crippen LogP contribution < -0.4 is 11.1 Å². The van der Waals surface area contributed by atoms with Crippen molar-refractivity contribution in [3.05, 3.63) is 29.8 Å². The summed E-state index contributed by atoms with van der Waals surface area (Å²) in [5.74, 6) is 1.50. The van der Waals surface area contributed by atoms with Crippen molar-refractivity contribution in [3.8, 4) is 0 Å². The highest BCUT2D eigenvalue weighted by atomic mass is 14.9. The minimum Gasteiger partial charge on any atom is -0.399 e. The first kappa shape index (κ1) is 13.4. The molecule has 0 spiro atoms. The molecule has 1 aliphatic carbocycles. The highest BCUT2D eigenvalue weighted by molar-refractivity contribution is 5.43. The van der Waals surface area contributed by atoms with Crippen molar-refractivity contribution < 1.29 is 0 Å². The maximum atomic E-state index is 5.75. The third-order valence-corrected chi connectivity index (χ3v) is 4.44. The standard InChI is InChI=1S/C16H26N2/c1-12(2)13(3)10-18-11-16(8-9-16)14-4-6-15(17)7-5-14/h4-7,12-13,18H,8-11,17H2,1-3H3. The maximum Gasteiger partial charge on any atom is 0.0314 e. The quantitative estimate of drug-likeness (QED) is 0.757. The number of hydrogen-bond donors (Lipinski definition) is 2. The number of rotatable bonds is 6. The van der Waals surface area contributed by atoms with E-state index in [0.717, 1.165) is 30.6 Å². The van der Waals surface area contributed by atoms with Gasteiger partial charge >= 0.3 is 0 Å². The lowest BCUT2D eigenvalue weighted by Gasteiger charge is -2.20. The molecule has 0 amide bonds. The zero-order valence-electron chi connectivity index (χ0n) is 11.9. The average molecular weight is 246 g/mol. The van der Waals surface area contributed by atoms with Crippen molar-refractivity contribution in [2.45, 2.75) is 39.0 Å². The van der Waals surface area contributed by atoms with E-state index in [0.29, 0.717) is 5.41 Å². The molecule has 0 bridgehead atoms. The van der Waals surface area contributed by atoms with Gasteiger partial charge in [-0.05, 0) is 48.9 Å². The third-order valence-electron chi connectivity index (χ3n) is 4.44.